The van der Waals surface area contributed by atoms with E-state index in [1.165, 1.54) is 42.5 Å². The third-order valence-corrected chi connectivity index (χ3v) is 5.84. The van der Waals surface area contributed by atoms with Crippen molar-refractivity contribution in [2.45, 2.75) is 34.1 Å². The quantitative estimate of drug-likeness (QED) is 0.278. The van der Waals surface area contributed by atoms with Crippen LogP contribution in [0.5, 0.6) is 5.75 Å². The van der Waals surface area contributed by atoms with Crippen LogP contribution in [0, 0.1) is 20.8 Å². The minimum absolute atomic E-state index is 0.0282. The number of aromatic carboxylic acids is 1. The van der Waals surface area contributed by atoms with Gasteiger partial charge in [-0.25, -0.2) is 9.59 Å². The van der Waals surface area contributed by atoms with Crippen molar-refractivity contribution in [3.05, 3.63) is 73.4 Å². The topological polar surface area (TPSA) is 133 Å². The Morgan fingerprint density at radius 1 is 0.941 bits per heavy atom. The number of carbonyl (C=O) groups excluding carboxylic acids is 3. The normalized spacial score (nSPS) is 10.0. The van der Waals surface area contributed by atoms with Gasteiger partial charge in [0.15, 0.2) is 0 Å². The third kappa shape index (κ3) is 8.16. The first-order chi connectivity index (χ1) is 16.0. The summed E-state index contributed by atoms with van der Waals surface area (Å²) in [5.41, 5.74) is 2.99. The van der Waals surface area contributed by atoms with E-state index in [0.29, 0.717) is 22.0 Å². The predicted octanol–water partition coefficient (Wildman–Crippen LogP) is 4.46. The van der Waals surface area contributed by atoms with Gasteiger partial charge >= 0.3 is 23.9 Å². The van der Waals surface area contributed by atoms with Crippen molar-refractivity contribution in [1.82, 2.24) is 9.97 Å². The van der Waals surface area contributed by atoms with Crippen molar-refractivity contribution in [2.75, 3.05) is 0 Å². The van der Waals surface area contributed by atoms with Crippen LogP contribution in [-0.2, 0) is 20.7 Å². The second kappa shape index (κ2) is 12.1. The van der Waals surface area contributed by atoms with Crippen LogP contribution in [0.4, 0.5) is 0 Å². The standard InChI is InChI=1S/C12H7BrO4S.C11H14N2O3/c13-10-6-5-9(18-10)12(16)17-8-3-1-7(2-4-8)11(14)15;1-6-7(2)13-10(8(3)12-6)5-11(15)16-9(4)14/h1-6H,(H,14,15);5H2,1-4H3. The van der Waals surface area contributed by atoms with Gasteiger partial charge in [-0.05, 0) is 73.1 Å². The summed E-state index contributed by atoms with van der Waals surface area (Å²) in [7, 11) is 0. The van der Waals surface area contributed by atoms with Crippen LogP contribution in [0.1, 0.15) is 49.7 Å². The van der Waals surface area contributed by atoms with E-state index >= 15 is 0 Å². The summed E-state index contributed by atoms with van der Waals surface area (Å²) in [6, 6.07) is 9.08. The molecule has 1 aromatic carbocycles. The molecule has 2 heterocycles. The van der Waals surface area contributed by atoms with Crippen LogP contribution < -0.4 is 4.74 Å². The fourth-order valence-electron chi connectivity index (χ4n) is 2.51. The van der Waals surface area contributed by atoms with Gasteiger partial charge in [0.2, 0.25) is 0 Å². The monoisotopic (exact) mass is 548 g/mol. The maximum atomic E-state index is 11.7. The molecule has 1 N–H and O–H groups in total. The molecule has 3 aromatic rings. The van der Waals surface area contributed by atoms with Gasteiger partial charge in [0, 0.05) is 6.92 Å². The lowest BCUT2D eigenvalue weighted by molar-refractivity contribution is -0.157. The lowest BCUT2D eigenvalue weighted by atomic mass is 10.2. The zero-order valence-electron chi connectivity index (χ0n) is 18.7. The van der Waals surface area contributed by atoms with Crippen molar-refractivity contribution in [3.63, 3.8) is 0 Å². The number of carboxylic acids is 1. The molecule has 0 aliphatic heterocycles. The summed E-state index contributed by atoms with van der Waals surface area (Å²) in [5.74, 6) is -2.38. The van der Waals surface area contributed by atoms with Crippen molar-refractivity contribution in [1.29, 1.82) is 0 Å². The lowest BCUT2D eigenvalue weighted by Crippen LogP contribution is -2.14. The highest BCUT2D eigenvalue weighted by Crippen LogP contribution is 2.23. The van der Waals surface area contributed by atoms with Gasteiger partial charge in [0.05, 0.1) is 38.5 Å². The number of thiophene rings is 1. The van der Waals surface area contributed by atoms with Gasteiger partial charge in [0.1, 0.15) is 10.6 Å². The van der Waals surface area contributed by atoms with Crippen LogP contribution in [0.15, 0.2) is 40.2 Å². The summed E-state index contributed by atoms with van der Waals surface area (Å²) in [6.45, 7) is 6.64. The maximum Gasteiger partial charge on any atom is 0.353 e. The molecule has 0 fully saturated rings. The average Bonchev–Trinajstić information content (AvgIpc) is 3.19. The summed E-state index contributed by atoms with van der Waals surface area (Å²) < 4.78 is 10.4. The molecule has 0 aliphatic rings. The molecule has 11 heteroatoms. The molecular formula is C23H21BrN2O7S. The smallest absolute Gasteiger partial charge is 0.353 e. The summed E-state index contributed by atoms with van der Waals surface area (Å²) >= 11 is 4.53. The average molecular weight is 549 g/mol. The van der Waals surface area contributed by atoms with Gasteiger partial charge in [-0.2, -0.15) is 0 Å². The van der Waals surface area contributed by atoms with E-state index in [9.17, 15) is 19.2 Å². The Bertz CT molecular complexity index is 1220. The molecule has 0 unspecified atom stereocenters. The van der Waals surface area contributed by atoms with Crippen LogP contribution in [0.25, 0.3) is 0 Å². The van der Waals surface area contributed by atoms with E-state index in [4.69, 9.17) is 9.84 Å². The fraction of sp³-hybridized carbons (Fsp3) is 0.217. The number of halogens is 1. The van der Waals surface area contributed by atoms with E-state index in [1.54, 1.807) is 19.1 Å². The summed E-state index contributed by atoms with van der Waals surface area (Å²) in [6.07, 6.45) is -0.0282. The Morgan fingerprint density at radius 3 is 2.09 bits per heavy atom. The molecule has 0 spiro atoms. The minimum Gasteiger partial charge on any atom is -0.478 e. The van der Waals surface area contributed by atoms with E-state index in [0.717, 1.165) is 15.2 Å². The molecule has 9 nitrogen and oxygen atoms in total. The van der Waals surface area contributed by atoms with Crippen molar-refractivity contribution >= 4 is 51.1 Å². The van der Waals surface area contributed by atoms with Crippen LogP contribution in [0.2, 0.25) is 0 Å². The van der Waals surface area contributed by atoms with E-state index in [-0.39, 0.29) is 12.0 Å². The molecule has 2 aromatic heterocycles. The first-order valence-electron chi connectivity index (χ1n) is 9.79. The summed E-state index contributed by atoms with van der Waals surface area (Å²) in [4.78, 5) is 53.1. The molecule has 178 valence electrons. The highest BCUT2D eigenvalue weighted by atomic mass is 79.9. The number of esters is 3. The third-order valence-electron chi connectivity index (χ3n) is 4.23. The number of nitrogens with zero attached hydrogens (tertiary/aromatic N) is 2. The number of benzene rings is 1. The number of ether oxygens (including phenoxy) is 2. The summed E-state index contributed by atoms with van der Waals surface area (Å²) in [5, 5.41) is 8.73. The Balaban J connectivity index is 0.000000242. The van der Waals surface area contributed by atoms with Crippen LogP contribution >= 0.6 is 27.3 Å². The zero-order valence-corrected chi connectivity index (χ0v) is 21.2. The number of aromatic nitrogens is 2. The Hall–Kier alpha value is -3.44. The lowest BCUT2D eigenvalue weighted by Gasteiger charge is -2.06. The molecule has 0 radical (unpaired) electrons. The molecule has 0 bridgehead atoms. The molecule has 0 aliphatic carbocycles. The molecule has 34 heavy (non-hydrogen) atoms. The molecule has 0 amide bonds. The largest absolute Gasteiger partial charge is 0.478 e. The number of rotatable bonds is 5. The van der Waals surface area contributed by atoms with Crippen molar-refractivity contribution in [3.8, 4) is 5.75 Å². The Labute approximate surface area is 207 Å². The molecule has 0 atom stereocenters. The highest BCUT2D eigenvalue weighted by molar-refractivity contribution is 9.11. The molecular weight excluding hydrogens is 528 g/mol. The predicted molar refractivity (Wildman–Crippen MR) is 127 cm³/mol. The second-order valence-electron chi connectivity index (χ2n) is 6.89. The van der Waals surface area contributed by atoms with Crippen LogP contribution in [0.3, 0.4) is 0 Å². The molecule has 0 saturated heterocycles. The number of hydrogen-bond acceptors (Lipinski definition) is 9. The van der Waals surface area contributed by atoms with Gasteiger partial charge in [-0.1, -0.05) is 0 Å². The Morgan fingerprint density at radius 2 is 1.56 bits per heavy atom. The molecule has 0 saturated carbocycles. The van der Waals surface area contributed by atoms with E-state index < -0.39 is 23.9 Å². The van der Waals surface area contributed by atoms with E-state index in [2.05, 4.69) is 30.6 Å². The SMILES string of the molecule is CC(=O)OC(=O)Cc1nc(C)c(C)nc1C.O=C(O)c1ccc(OC(=O)c2ccc(Br)s2)cc1. The minimum atomic E-state index is -1.02. The second-order valence-corrected chi connectivity index (χ2v) is 9.35. The van der Waals surface area contributed by atoms with Gasteiger partial charge in [-0.15, -0.1) is 11.3 Å². The molecule has 3 rings (SSSR count). The number of carbonyl (C=O) groups is 4. The van der Waals surface area contributed by atoms with E-state index in [1.807, 2.05) is 13.8 Å². The number of hydrogen-bond donors (Lipinski definition) is 1. The van der Waals surface area contributed by atoms with Gasteiger partial charge in [0.25, 0.3) is 0 Å². The first-order valence-corrected chi connectivity index (χ1v) is 11.4. The zero-order chi connectivity index (χ0) is 25.4. The van der Waals surface area contributed by atoms with Gasteiger partial charge < -0.3 is 14.6 Å². The van der Waals surface area contributed by atoms with Crippen LogP contribution in [-0.4, -0.2) is 39.0 Å². The number of aryl methyl sites for hydroxylation is 3. The highest BCUT2D eigenvalue weighted by Gasteiger charge is 2.13. The first kappa shape index (κ1) is 26.8. The Kier molecular flexibility index (Phi) is 9.58. The fourth-order valence-corrected chi connectivity index (χ4v) is 3.77. The number of carboxylic acid groups (broad SMARTS) is 1. The van der Waals surface area contributed by atoms with Crippen molar-refractivity contribution in [2.24, 2.45) is 0 Å². The van der Waals surface area contributed by atoms with Gasteiger partial charge in [-0.3, -0.25) is 19.6 Å². The van der Waals surface area contributed by atoms with Crippen molar-refractivity contribution < 1.29 is 33.8 Å². The maximum absolute atomic E-state index is 11.7.